The molecular formula is C29H62OSi. The minimum atomic E-state index is 0.498. The first kappa shape index (κ1) is 31.2. The van der Waals surface area contributed by atoms with Crippen molar-refractivity contribution in [1.82, 2.24) is 0 Å². The van der Waals surface area contributed by atoms with Gasteiger partial charge in [0.1, 0.15) is 10.5 Å². The van der Waals surface area contributed by atoms with Gasteiger partial charge < -0.3 is 4.43 Å². The highest BCUT2D eigenvalue weighted by Gasteiger charge is 2.28. The summed E-state index contributed by atoms with van der Waals surface area (Å²) < 4.78 is 5.98. The molecule has 2 heteroatoms. The summed E-state index contributed by atoms with van der Waals surface area (Å²) in [5.74, 6) is 0. The maximum absolute atomic E-state index is 5.98. The normalized spacial score (nSPS) is 12.1. The molecule has 31 heavy (non-hydrogen) atoms. The molecule has 0 spiro atoms. The average molecular weight is 455 g/mol. The zero-order valence-electron chi connectivity index (χ0n) is 22.6. The van der Waals surface area contributed by atoms with E-state index in [1.807, 2.05) is 0 Å². The van der Waals surface area contributed by atoms with Crippen LogP contribution in [0.2, 0.25) is 0 Å². The molecule has 0 aromatic heterocycles. The highest BCUT2D eigenvalue weighted by Crippen LogP contribution is 2.38. The maximum Gasteiger partial charge on any atom is 0.145 e. The predicted octanol–water partition coefficient (Wildman–Crippen LogP) is 9.69. The van der Waals surface area contributed by atoms with Gasteiger partial charge in [-0.15, -0.1) is 0 Å². The van der Waals surface area contributed by atoms with Gasteiger partial charge in [0, 0.05) is 6.61 Å². The Balaban J connectivity index is 4.39. The molecule has 0 aliphatic heterocycles. The summed E-state index contributed by atoms with van der Waals surface area (Å²) in [7, 11) is 0.903. The summed E-state index contributed by atoms with van der Waals surface area (Å²) in [6, 6.07) is 0. The third-order valence-corrected chi connectivity index (χ3v) is 7.67. The van der Waals surface area contributed by atoms with Gasteiger partial charge >= 0.3 is 0 Å². The van der Waals surface area contributed by atoms with E-state index in [1.165, 1.54) is 154 Å². The Labute approximate surface area is 201 Å². The van der Waals surface area contributed by atoms with E-state index in [0.29, 0.717) is 5.41 Å². The van der Waals surface area contributed by atoms with Crippen molar-refractivity contribution < 1.29 is 4.43 Å². The van der Waals surface area contributed by atoms with Crippen molar-refractivity contribution >= 4 is 10.5 Å². The maximum atomic E-state index is 5.98. The molecule has 0 N–H and O–H groups in total. The monoisotopic (exact) mass is 454 g/mol. The van der Waals surface area contributed by atoms with E-state index >= 15 is 0 Å². The lowest BCUT2D eigenvalue weighted by atomic mass is 9.74. The Kier molecular flexibility index (Phi) is 25.0. The molecule has 0 rings (SSSR count). The Morgan fingerprint density at radius 3 is 0.935 bits per heavy atom. The van der Waals surface area contributed by atoms with Crippen LogP contribution in [0.3, 0.4) is 0 Å². The van der Waals surface area contributed by atoms with E-state index in [9.17, 15) is 0 Å². The molecule has 0 unspecified atom stereocenters. The van der Waals surface area contributed by atoms with Gasteiger partial charge in [-0.05, 0) is 24.7 Å². The Morgan fingerprint density at radius 1 is 0.419 bits per heavy atom. The fourth-order valence-corrected chi connectivity index (χ4v) is 5.88. The summed E-state index contributed by atoms with van der Waals surface area (Å²) in [5, 5.41) is 0. The Morgan fingerprint density at radius 2 is 0.677 bits per heavy atom. The SMILES string of the molecule is CCCCCCCCCC(CCCCCCCCC)(CCCCCCCCC)CO[SiH3]. The lowest BCUT2D eigenvalue weighted by molar-refractivity contribution is 0.107. The van der Waals surface area contributed by atoms with Crippen molar-refractivity contribution in [3.05, 3.63) is 0 Å². The van der Waals surface area contributed by atoms with Crippen LogP contribution < -0.4 is 0 Å². The number of rotatable bonds is 26. The van der Waals surface area contributed by atoms with Gasteiger partial charge in [0.2, 0.25) is 0 Å². The lowest BCUT2D eigenvalue weighted by Crippen LogP contribution is -2.27. The van der Waals surface area contributed by atoms with Gasteiger partial charge in [-0.3, -0.25) is 0 Å². The molecule has 188 valence electrons. The summed E-state index contributed by atoms with van der Waals surface area (Å²) in [4.78, 5) is 0. The average Bonchev–Trinajstić information content (AvgIpc) is 2.77. The number of hydrogen-bond acceptors (Lipinski definition) is 1. The van der Waals surface area contributed by atoms with Crippen LogP contribution in [0.4, 0.5) is 0 Å². The van der Waals surface area contributed by atoms with E-state index < -0.39 is 0 Å². The van der Waals surface area contributed by atoms with Crippen LogP contribution in [0.15, 0.2) is 0 Å². The minimum absolute atomic E-state index is 0.498. The molecule has 0 fully saturated rings. The second kappa shape index (κ2) is 24.8. The van der Waals surface area contributed by atoms with Crippen LogP contribution in [0.25, 0.3) is 0 Å². The molecule has 0 amide bonds. The molecule has 0 aliphatic carbocycles. The van der Waals surface area contributed by atoms with Crippen molar-refractivity contribution in [2.45, 2.75) is 175 Å². The van der Waals surface area contributed by atoms with Crippen molar-refractivity contribution in [3.63, 3.8) is 0 Å². The molecule has 0 heterocycles. The second-order valence-electron chi connectivity index (χ2n) is 10.5. The van der Waals surface area contributed by atoms with E-state index in [2.05, 4.69) is 20.8 Å². The third-order valence-electron chi connectivity index (χ3n) is 7.38. The molecule has 0 saturated carbocycles. The van der Waals surface area contributed by atoms with Crippen molar-refractivity contribution in [1.29, 1.82) is 0 Å². The van der Waals surface area contributed by atoms with Crippen LogP contribution in [-0.2, 0) is 4.43 Å². The van der Waals surface area contributed by atoms with Crippen molar-refractivity contribution in [2.75, 3.05) is 6.61 Å². The number of hydrogen-bond donors (Lipinski definition) is 0. The quantitative estimate of drug-likeness (QED) is 0.0933. The molecule has 0 aliphatic rings. The van der Waals surface area contributed by atoms with Gasteiger partial charge in [0.15, 0.2) is 0 Å². The topological polar surface area (TPSA) is 9.23 Å². The van der Waals surface area contributed by atoms with Crippen LogP contribution in [-0.4, -0.2) is 17.1 Å². The van der Waals surface area contributed by atoms with Crippen LogP contribution in [0.1, 0.15) is 175 Å². The predicted molar refractivity (Wildman–Crippen MR) is 146 cm³/mol. The second-order valence-corrected chi connectivity index (χ2v) is 11.1. The summed E-state index contributed by atoms with van der Waals surface area (Å²) in [6.07, 6.45) is 34.3. The molecular weight excluding hydrogens is 392 g/mol. The van der Waals surface area contributed by atoms with Crippen LogP contribution in [0.5, 0.6) is 0 Å². The molecule has 0 atom stereocenters. The molecule has 0 radical (unpaired) electrons. The van der Waals surface area contributed by atoms with Gasteiger partial charge in [0.05, 0.1) is 0 Å². The van der Waals surface area contributed by atoms with Gasteiger partial charge in [-0.1, -0.05) is 156 Å². The van der Waals surface area contributed by atoms with Gasteiger partial charge in [-0.25, -0.2) is 0 Å². The van der Waals surface area contributed by atoms with Crippen molar-refractivity contribution in [3.8, 4) is 0 Å². The van der Waals surface area contributed by atoms with E-state index in [1.54, 1.807) is 0 Å². The van der Waals surface area contributed by atoms with E-state index in [0.717, 1.165) is 17.1 Å². The molecule has 1 nitrogen and oxygen atoms in total. The molecule has 0 aromatic carbocycles. The standard InChI is InChI=1S/C29H62OSi/c1-4-7-10-13-16-19-22-25-29(28-30-31,26-23-20-17-14-11-8-5-2)27-24-21-18-15-12-9-6-3/h4-28H2,1-3,31H3. The first-order valence-corrected chi connectivity index (χ1v) is 15.5. The van der Waals surface area contributed by atoms with E-state index in [-0.39, 0.29) is 0 Å². The molecule has 0 aromatic rings. The smallest absolute Gasteiger partial charge is 0.145 e. The van der Waals surface area contributed by atoms with Crippen LogP contribution in [0, 0.1) is 5.41 Å². The zero-order valence-corrected chi connectivity index (χ0v) is 24.6. The highest BCUT2D eigenvalue weighted by molar-refractivity contribution is 5.97. The fraction of sp³-hybridized carbons (Fsp3) is 1.00. The summed E-state index contributed by atoms with van der Waals surface area (Å²) in [6.45, 7) is 8.00. The minimum Gasteiger partial charge on any atom is -0.427 e. The number of unbranched alkanes of at least 4 members (excludes halogenated alkanes) is 18. The largest absolute Gasteiger partial charge is 0.427 e. The van der Waals surface area contributed by atoms with E-state index in [4.69, 9.17) is 4.43 Å². The fourth-order valence-electron chi connectivity index (χ4n) is 5.27. The Bertz CT molecular complexity index is 285. The highest BCUT2D eigenvalue weighted by atomic mass is 28.2. The zero-order chi connectivity index (χ0) is 22.9. The van der Waals surface area contributed by atoms with Gasteiger partial charge in [0.25, 0.3) is 0 Å². The lowest BCUT2D eigenvalue weighted by Gasteiger charge is -2.34. The first-order valence-electron chi connectivity index (χ1n) is 14.7. The molecule has 0 bridgehead atoms. The summed E-state index contributed by atoms with van der Waals surface area (Å²) >= 11 is 0. The first-order chi connectivity index (χ1) is 15.2. The van der Waals surface area contributed by atoms with Gasteiger partial charge in [-0.2, -0.15) is 0 Å². The summed E-state index contributed by atoms with van der Waals surface area (Å²) in [5.41, 5.74) is 0.498. The van der Waals surface area contributed by atoms with Crippen LogP contribution >= 0.6 is 0 Å². The molecule has 0 saturated heterocycles. The third kappa shape index (κ3) is 20.5. The Hall–Kier alpha value is 0.177. The van der Waals surface area contributed by atoms with Crippen molar-refractivity contribution in [2.24, 2.45) is 5.41 Å².